The molecule has 1 N–H and O–H groups in total. The van der Waals surface area contributed by atoms with Gasteiger partial charge < -0.3 is 23.8 Å². The van der Waals surface area contributed by atoms with Gasteiger partial charge in [0.25, 0.3) is 0 Å². The van der Waals surface area contributed by atoms with Gasteiger partial charge in [-0.3, -0.25) is 9.59 Å². The van der Waals surface area contributed by atoms with Crippen molar-refractivity contribution < 1.29 is 38.2 Å². The second kappa shape index (κ2) is 9.24. The van der Waals surface area contributed by atoms with E-state index < -0.39 is 31.0 Å². The van der Waals surface area contributed by atoms with E-state index in [1.807, 2.05) is 21.1 Å². The maximum atomic E-state index is 11.5. The molecule has 8 nitrogen and oxygen atoms in total. The summed E-state index contributed by atoms with van der Waals surface area (Å²) in [4.78, 5) is 33.4. The number of esters is 1. The fourth-order valence-corrected chi connectivity index (χ4v) is 1.56. The monoisotopic (exact) mass is 320 g/mol. The van der Waals surface area contributed by atoms with Crippen molar-refractivity contribution >= 4 is 18.1 Å². The summed E-state index contributed by atoms with van der Waals surface area (Å²) >= 11 is 0. The molecule has 0 amide bonds. The Morgan fingerprint density at radius 3 is 2.14 bits per heavy atom. The van der Waals surface area contributed by atoms with E-state index in [1.54, 1.807) is 13.8 Å². The number of hydrogen-bond acceptors (Lipinski definition) is 6. The number of carboxylic acid groups (broad SMARTS) is 1. The average Bonchev–Trinajstić information content (AvgIpc) is 2.33. The molecule has 0 aliphatic heterocycles. The van der Waals surface area contributed by atoms with Gasteiger partial charge in [0.15, 0.2) is 6.10 Å². The van der Waals surface area contributed by atoms with Gasteiger partial charge in [0.2, 0.25) is 6.79 Å². The molecule has 0 saturated carbocycles. The molecule has 0 fully saturated rings. The van der Waals surface area contributed by atoms with Crippen LogP contribution in [0.2, 0.25) is 0 Å². The lowest BCUT2D eigenvalue weighted by atomic mass is 10.2. The van der Waals surface area contributed by atoms with E-state index in [4.69, 9.17) is 14.6 Å². The number of nitrogens with zero attached hydrogens (tertiary/aromatic N) is 1. The Morgan fingerprint density at radius 1 is 1.09 bits per heavy atom. The van der Waals surface area contributed by atoms with E-state index in [2.05, 4.69) is 4.74 Å². The number of quaternary nitrogens is 1. The van der Waals surface area contributed by atoms with Crippen molar-refractivity contribution in [1.82, 2.24) is 0 Å². The van der Waals surface area contributed by atoms with Crippen LogP contribution in [0.5, 0.6) is 0 Å². The normalized spacial score (nSPS) is 12.6. The Hall–Kier alpha value is -1.83. The number of likely N-dealkylation sites (N-methyl/N-ethyl adjacent to an activating group) is 1. The Morgan fingerprint density at radius 2 is 1.68 bits per heavy atom. The number of carbonyl (C=O) groups excluding carboxylic acids is 2. The van der Waals surface area contributed by atoms with Gasteiger partial charge in [0.1, 0.15) is 6.54 Å². The van der Waals surface area contributed by atoms with Gasteiger partial charge in [-0.2, -0.15) is 0 Å². The van der Waals surface area contributed by atoms with Crippen LogP contribution in [-0.2, 0) is 23.8 Å². The molecule has 0 aliphatic carbocycles. The minimum atomic E-state index is -0.986. The SMILES string of the molecule is CC(C)C(=O)OCOC(=O)OC(CCC(=O)O)C[N+](C)(C)C. The molecule has 0 aromatic heterocycles. The Bertz CT molecular complexity index is 387. The number of rotatable bonds is 9. The third kappa shape index (κ3) is 10.9. The van der Waals surface area contributed by atoms with E-state index in [0.717, 1.165) is 0 Å². The summed E-state index contributed by atoms with van der Waals surface area (Å²) in [6, 6.07) is 0. The molecule has 0 aromatic carbocycles. The minimum absolute atomic E-state index is 0.111. The molecule has 0 aromatic rings. The van der Waals surface area contributed by atoms with Crippen molar-refractivity contribution in [2.24, 2.45) is 5.92 Å². The van der Waals surface area contributed by atoms with E-state index in [-0.39, 0.29) is 18.8 Å². The Labute approximate surface area is 130 Å². The smallest absolute Gasteiger partial charge is 0.481 e. The second-order valence-corrected chi connectivity index (χ2v) is 6.28. The lowest BCUT2D eigenvalue weighted by Gasteiger charge is -2.28. The predicted octanol–water partition coefficient (Wildman–Crippen LogP) is 1.24. The largest absolute Gasteiger partial charge is 0.511 e. The summed E-state index contributed by atoms with van der Waals surface area (Å²) in [7, 11) is 5.69. The summed E-state index contributed by atoms with van der Waals surface area (Å²) in [5, 5.41) is 8.71. The first-order valence-electron chi connectivity index (χ1n) is 7.03. The molecule has 0 bridgehead atoms. The molecule has 8 heteroatoms. The van der Waals surface area contributed by atoms with E-state index >= 15 is 0 Å². The zero-order valence-corrected chi connectivity index (χ0v) is 13.8. The topological polar surface area (TPSA) is 99.1 Å². The van der Waals surface area contributed by atoms with Gasteiger partial charge in [-0.05, 0) is 0 Å². The highest BCUT2D eigenvalue weighted by Gasteiger charge is 2.24. The van der Waals surface area contributed by atoms with Crippen molar-refractivity contribution in [1.29, 1.82) is 0 Å². The summed E-state index contributed by atoms with van der Waals surface area (Å²) in [5.74, 6) is -1.77. The highest BCUT2D eigenvalue weighted by atomic mass is 16.8. The molecule has 22 heavy (non-hydrogen) atoms. The maximum absolute atomic E-state index is 11.5. The van der Waals surface area contributed by atoms with Crippen LogP contribution in [0.15, 0.2) is 0 Å². The third-order valence-electron chi connectivity index (χ3n) is 2.54. The molecule has 0 rings (SSSR count). The third-order valence-corrected chi connectivity index (χ3v) is 2.54. The maximum Gasteiger partial charge on any atom is 0.511 e. The quantitative estimate of drug-likeness (QED) is 0.387. The van der Waals surface area contributed by atoms with E-state index in [0.29, 0.717) is 11.0 Å². The van der Waals surface area contributed by atoms with Gasteiger partial charge in [-0.1, -0.05) is 13.8 Å². The molecule has 128 valence electrons. The number of hydrogen-bond donors (Lipinski definition) is 1. The van der Waals surface area contributed by atoms with Gasteiger partial charge in [0, 0.05) is 12.8 Å². The molecular weight excluding hydrogens is 294 g/mol. The van der Waals surface area contributed by atoms with Crippen LogP contribution < -0.4 is 0 Å². The molecule has 0 aliphatic rings. The second-order valence-electron chi connectivity index (χ2n) is 6.28. The van der Waals surface area contributed by atoms with Gasteiger partial charge in [0.05, 0.1) is 27.1 Å². The van der Waals surface area contributed by atoms with Gasteiger partial charge in [-0.25, -0.2) is 4.79 Å². The van der Waals surface area contributed by atoms with Crippen LogP contribution in [0.4, 0.5) is 4.79 Å². The molecule has 1 atom stereocenters. The van der Waals surface area contributed by atoms with E-state index in [9.17, 15) is 14.4 Å². The van der Waals surface area contributed by atoms with Crippen molar-refractivity contribution in [3.63, 3.8) is 0 Å². The van der Waals surface area contributed by atoms with Crippen LogP contribution in [-0.4, -0.2) is 68.3 Å². The summed E-state index contributed by atoms with van der Waals surface area (Å²) in [6.45, 7) is 3.23. The number of carbonyl (C=O) groups is 3. The first-order chi connectivity index (χ1) is 10.0. The molecular formula is C14H26NO7+. The van der Waals surface area contributed by atoms with Crippen molar-refractivity contribution in [2.45, 2.75) is 32.8 Å². The summed E-state index contributed by atoms with van der Waals surface area (Å²) in [6.07, 6.45) is -1.50. The lowest BCUT2D eigenvalue weighted by Crippen LogP contribution is -2.43. The first kappa shape index (κ1) is 20.2. The van der Waals surface area contributed by atoms with Crippen LogP contribution in [0.3, 0.4) is 0 Å². The highest BCUT2D eigenvalue weighted by Crippen LogP contribution is 2.09. The van der Waals surface area contributed by atoms with Crippen LogP contribution in [0, 0.1) is 5.92 Å². The van der Waals surface area contributed by atoms with Crippen molar-refractivity contribution in [2.75, 3.05) is 34.5 Å². The fraction of sp³-hybridized carbons (Fsp3) is 0.786. The minimum Gasteiger partial charge on any atom is -0.481 e. The number of ether oxygens (including phenoxy) is 3. The van der Waals surface area contributed by atoms with Gasteiger partial charge in [-0.15, -0.1) is 0 Å². The van der Waals surface area contributed by atoms with Crippen molar-refractivity contribution in [3.8, 4) is 0 Å². The molecule has 1 unspecified atom stereocenters. The molecule has 0 heterocycles. The average molecular weight is 320 g/mol. The molecule has 0 spiro atoms. The number of carboxylic acids is 1. The lowest BCUT2D eigenvalue weighted by molar-refractivity contribution is -0.873. The first-order valence-corrected chi connectivity index (χ1v) is 7.03. The van der Waals surface area contributed by atoms with Crippen LogP contribution in [0.1, 0.15) is 26.7 Å². The Kier molecular flexibility index (Phi) is 8.47. The fourth-order valence-electron chi connectivity index (χ4n) is 1.56. The molecule has 0 radical (unpaired) electrons. The van der Waals surface area contributed by atoms with E-state index in [1.165, 1.54) is 0 Å². The predicted molar refractivity (Wildman–Crippen MR) is 76.9 cm³/mol. The number of aliphatic carboxylic acids is 1. The summed E-state index contributed by atoms with van der Waals surface area (Å²) < 4.78 is 14.9. The Balaban J connectivity index is 4.30. The van der Waals surface area contributed by atoms with Gasteiger partial charge >= 0.3 is 18.1 Å². The highest BCUT2D eigenvalue weighted by molar-refractivity contribution is 5.71. The molecule has 0 saturated heterocycles. The summed E-state index contributed by atoms with van der Waals surface area (Å²) in [5.41, 5.74) is 0. The zero-order valence-electron chi connectivity index (χ0n) is 13.8. The van der Waals surface area contributed by atoms with Crippen molar-refractivity contribution in [3.05, 3.63) is 0 Å². The van der Waals surface area contributed by atoms with Crippen LogP contribution in [0.25, 0.3) is 0 Å². The standard InChI is InChI=1S/C14H25NO7/c1-10(2)13(18)20-9-21-14(19)22-11(6-7-12(16)17)8-15(3,4)5/h10-11H,6-9H2,1-5H3/p+1. The zero-order chi connectivity index (χ0) is 17.3. The van der Waals surface area contributed by atoms with Crippen LogP contribution >= 0.6 is 0 Å².